The third kappa shape index (κ3) is 3.92. The molecule has 0 aromatic carbocycles. The smallest absolute Gasteiger partial charge is 0.258 e. The number of thioether (sulfide) groups is 1. The SMILES string of the molecule is O=C(CSCc1cc(=O)n2ccsc2n1)NCCC1CC2CCC1C2. The lowest BCUT2D eigenvalue weighted by molar-refractivity contribution is -0.118. The number of fused-ring (bicyclic) bond motifs is 3. The minimum Gasteiger partial charge on any atom is -0.355 e. The summed E-state index contributed by atoms with van der Waals surface area (Å²) in [6.45, 7) is 0.800. The molecule has 3 atom stereocenters. The van der Waals surface area contributed by atoms with Gasteiger partial charge in [0.05, 0.1) is 11.4 Å². The first kappa shape index (κ1) is 17.1. The second-order valence-electron chi connectivity index (χ2n) is 7.21. The van der Waals surface area contributed by atoms with Gasteiger partial charge in [-0.05, 0) is 43.4 Å². The Morgan fingerprint density at radius 3 is 3.12 bits per heavy atom. The summed E-state index contributed by atoms with van der Waals surface area (Å²) in [6, 6.07) is 1.56. The van der Waals surface area contributed by atoms with Gasteiger partial charge < -0.3 is 5.32 Å². The largest absolute Gasteiger partial charge is 0.355 e. The highest BCUT2D eigenvalue weighted by Crippen LogP contribution is 2.49. The van der Waals surface area contributed by atoms with Crippen LogP contribution in [0.5, 0.6) is 0 Å². The monoisotopic (exact) mass is 377 g/mol. The Balaban J connectivity index is 1.18. The highest BCUT2D eigenvalue weighted by Gasteiger charge is 2.38. The minimum atomic E-state index is -0.0582. The molecule has 2 saturated carbocycles. The van der Waals surface area contributed by atoms with Crippen molar-refractivity contribution >= 4 is 34.0 Å². The van der Waals surface area contributed by atoms with E-state index in [0.717, 1.165) is 36.4 Å². The molecule has 0 aliphatic heterocycles. The standard InChI is InChI=1S/C18H23N3O2S2/c22-16(19-4-3-14-8-12-1-2-13(14)7-12)11-24-10-15-9-17(23)21-5-6-25-18(21)20-15/h5-6,9,12-14H,1-4,7-8,10-11H2,(H,19,22). The summed E-state index contributed by atoms with van der Waals surface area (Å²) in [6.07, 6.45) is 8.50. The summed E-state index contributed by atoms with van der Waals surface area (Å²) in [5.41, 5.74) is 0.685. The van der Waals surface area contributed by atoms with Gasteiger partial charge in [0.15, 0.2) is 4.96 Å². The molecule has 2 fully saturated rings. The number of aromatic nitrogens is 2. The van der Waals surface area contributed by atoms with Crippen LogP contribution in [0, 0.1) is 17.8 Å². The molecular weight excluding hydrogens is 354 g/mol. The van der Waals surface area contributed by atoms with Crippen LogP contribution in [0.3, 0.4) is 0 Å². The van der Waals surface area contributed by atoms with Gasteiger partial charge in [-0.2, -0.15) is 0 Å². The molecule has 1 N–H and O–H groups in total. The van der Waals surface area contributed by atoms with E-state index in [2.05, 4.69) is 10.3 Å². The second kappa shape index (κ2) is 7.50. The Bertz CT molecular complexity index is 816. The molecule has 0 saturated heterocycles. The lowest BCUT2D eigenvalue weighted by atomic mass is 9.86. The van der Waals surface area contributed by atoms with Gasteiger partial charge in [-0.15, -0.1) is 23.1 Å². The highest BCUT2D eigenvalue weighted by molar-refractivity contribution is 7.99. The number of nitrogens with zero attached hydrogens (tertiary/aromatic N) is 2. The Morgan fingerprint density at radius 1 is 1.40 bits per heavy atom. The van der Waals surface area contributed by atoms with Crippen molar-refractivity contribution < 1.29 is 4.79 Å². The number of hydrogen-bond donors (Lipinski definition) is 1. The maximum absolute atomic E-state index is 12.0. The third-order valence-electron chi connectivity index (χ3n) is 5.56. The molecule has 0 spiro atoms. The van der Waals surface area contributed by atoms with Crippen LogP contribution in [0.25, 0.3) is 4.96 Å². The van der Waals surface area contributed by atoms with E-state index in [-0.39, 0.29) is 11.5 Å². The van der Waals surface area contributed by atoms with Crippen molar-refractivity contribution in [3.63, 3.8) is 0 Å². The first-order valence-electron chi connectivity index (χ1n) is 8.99. The molecule has 134 valence electrons. The van der Waals surface area contributed by atoms with Gasteiger partial charge in [0, 0.05) is 29.9 Å². The second-order valence-corrected chi connectivity index (χ2v) is 9.07. The Morgan fingerprint density at radius 2 is 2.32 bits per heavy atom. The highest BCUT2D eigenvalue weighted by atomic mass is 32.2. The minimum absolute atomic E-state index is 0.0582. The quantitative estimate of drug-likeness (QED) is 0.806. The van der Waals surface area contributed by atoms with E-state index in [0.29, 0.717) is 16.5 Å². The van der Waals surface area contributed by atoms with E-state index in [1.54, 1.807) is 16.7 Å². The molecule has 1 amide bonds. The zero-order chi connectivity index (χ0) is 17.2. The molecule has 3 unspecified atom stereocenters. The van der Waals surface area contributed by atoms with E-state index in [1.165, 1.54) is 48.8 Å². The first-order valence-corrected chi connectivity index (χ1v) is 11.0. The summed E-state index contributed by atoms with van der Waals surface area (Å²) in [5, 5.41) is 4.90. The maximum Gasteiger partial charge on any atom is 0.258 e. The molecule has 2 aliphatic rings. The van der Waals surface area contributed by atoms with Crippen molar-refractivity contribution in [2.24, 2.45) is 17.8 Å². The van der Waals surface area contributed by atoms with E-state index in [4.69, 9.17) is 0 Å². The van der Waals surface area contributed by atoms with Gasteiger partial charge in [-0.3, -0.25) is 14.0 Å². The average Bonchev–Trinajstić information content (AvgIpc) is 3.31. The molecular formula is C18H23N3O2S2. The molecule has 0 radical (unpaired) electrons. The van der Waals surface area contributed by atoms with Crippen LogP contribution in [-0.2, 0) is 10.5 Å². The number of rotatable bonds is 7. The van der Waals surface area contributed by atoms with Crippen LogP contribution in [0.2, 0.25) is 0 Å². The number of carbonyl (C=O) groups excluding carboxylic acids is 1. The number of thiazole rings is 1. The summed E-state index contributed by atoms with van der Waals surface area (Å²) in [4.78, 5) is 29.1. The lowest BCUT2D eigenvalue weighted by Gasteiger charge is -2.21. The van der Waals surface area contributed by atoms with Crippen molar-refractivity contribution in [3.05, 3.63) is 33.7 Å². The summed E-state index contributed by atoms with van der Waals surface area (Å²) in [7, 11) is 0. The van der Waals surface area contributed by atoms with E-state index in [1.807, 2.05) is 5.38 Å². The van der Waals surface area contributed by atoms with Crippen LogP contribution in [-0.4, -0.2) is 27.6 Å². The predicted molar refractivity (Wildman–Crippen MR) is 102 cm³/mol. The Hall–Kier alpha value is -1.34. The van der Waals surface area contributed by atoms with Gasteiger partial charge in [-0.25, -0.2) is 4.98 Å². The molecule has 2 aromatic heterocycles. The van der Waals surface area contributed by atoms with Crippen LogP contribution in [0.15, 0.2) is 22.4 Å². The molecule has 5 nitrogen and oxygen atoms in total. The summed E-state index contributed by atoms with van der Waals surface area (Å²) >= 11 is 2.96. The Labute approximate surface area is 155 Å². The fourth-order valence-corrected chi connectivity index (χ4v) is 5.87. The van der Waals surface area contributed by atoms with Crippen molar-refractivity contribution in [1.29, 1.82) is 0 Å². The van der Waals surface area contributed by atoms with Crippen LogP contribution >= 0.6 is 23.1 Å². The maximum atomic E-state index is 12.0. The summed E-state index contributed by atoms with van der Waals surface area (Å²) < 4.78 is 1.54. The number of carbonyl (C=O) groups is 1. The molecule has 4 rings (SSSR count). The van der Waals surface area contributed by atoms with Gasteiger partial charge >= 0.3 is 0 Å². The normalized spacial score (nSPS) is 24.9. The third-order valence-corrected chi connectivity index (χ3v) is 7.28. The van der Waals surface area contributed by atoms with Crippen LogP contribution in [0.4, 0.5) is 0 Å². The first-order chi connectivity index (χ1) is 12.2. The topological polar surface area (TPSA) is 63.5 Å². The molecule has 2 aliphatic carbocycles. The fraction of sp³-hybridized carbons (Fsp3) is 0.611. The van der Waals surface area contributed by atoms with Crippen LogP contribution < -0.4 is 10.9 Å². The van der Waals surface area contributed by atoms with Gasteiger partial charge in [-0.1, -0.05) is 6.42 Å². The fourth-order valence-electron chi connectivity index (χ4n) is 4.39. The van der Waals surface area contributed by atoms with Crippen LogP contribution in [0.1, 0.15) is 37.8 Å². The van der Waals surface area contributed by atoms with E-state index < -0.39 is 0 Å². The molecule has 2 aromatic rings. The molecule has 7 heteroatoms. The van der Waals surface area contributed by atoms with Crippen molar-refractivity contribution in [2.75, 3.05) is 12.3 Å². The molecule has 2 bridgehead atoms. The molecule has 2 heterocycles. The van der Waals surface area contributed by atoms with Crippen molar-refractivity contribution in [3.8, 4) is 0 Å². The zero-order valence-electron chi connectivity index (χ0n) is 14.1. The number of hydrogen-bond acceptors (Lipinski definition) is 5. The van der Waals surface area contributed by atoms with Crippen molar-refractivity contribution in [2.45, 2.75) is 37.9 Å². The van der Waals surface area contributed by atoms with Gasteiger partial charge in [0.2, 0.25) is 5.91 Å². The number of amides is 1. The predicted octanol–water partition coefficient (Wildman–Crippen LogP) is 2.93. The van der Waals surface area contributed by atoms with Gasteiger partial charge in [0.1, 0.15) is 0 Å². The lowest BCUT2D eigenvalue weighted by Crippen LogP contribution is -2.28. The van der Waals surface area contributed by atoms with Gasteiger partial charge in [0.25, 0.3) is 5.56 Å². The number of nitrogens with one attached hydrogen (secondary N) is 1. The van der Waals surface area contributed by atoms with E-state index in [9.17, 15) is 9.59 Å². The zero-order valence-corrected chi connectivity index (χ0v) is 15.8. The Kier molecular flexibility index (Phi) is 5.12. The molecule has 25 heavy (non-hydrogen) atoms. The van der Waals surface area contributed by atoms with Crippen molar-refractivity contribution in [1.82, 2.24) is 14.7 Å². The average molecular weight is 378 g/mol. The van der Waals surface area contributed by atoms with E-state index >= 15 is 0 Å². The summed E-state index contributed by atoms with van der Waals surface area (Å²) in [5.74, 6) is 3.82.